The molecule has 0 bridgehead atoms. The topological polar surface area (TPSA) is 68.0 Å². The average molecular weight is 304 g/mol. The molecule has 0 atom stereocenters. The number of hydrogen-bond donors (Lipinski definition) is 2. The number of pyridine rings is 1. The van der Waals surface area contributed by atoms with Gasteiger partial charge in [-0.3, -0.25) is 4.79 Å². The summed E-state index contributed by atoms with van der Waals surface area (Å²) in [5.74, 6) is -0.0507. The van der Waals surface area contributed by atoms with Crippen molar-refractivity contribution < 1.29 is 4.79 Å². The Labute approximate surface area is 129 Å². The first-order chi connectivity index (χ1) is 9.75. The van der Waals surface area contributed by atoms with E-state index in [2.05, 4.69) is 31.1 Å². The van der Waals surface area contributed by atoms with Crippen molar-refractivity contribution >= 4 is 29.0 Å². The highest BCUT2D eigenvalue weighted by Crippen LogP contribution is 2.23. The summed E-state index contributed by atoms with van der Waals surface area (Å²) in [5, 5.41) is 3.01. The zero-order valence-electron chi connectivity index (χ0n) is 12.3. The maximum Gasteiger partial charge on any atom is 0.255 e. The number of carbonyl (C=O) groups is 1. The fourth-order valence-electron chi connectivity index (χ4n) is 1.91. The lowest BCUT2D eigenvalue weighted by molar-refractivity contribution is 0.102. The number of nitrogens with zero attached hydrogens (tertiary/aromatic N) is 1. The van der Waals surface area contributed by atoms with Crippen LogP contribution in [-0.2, 0) is 5.41 Å². The number of nitrogens with one attached hydrogen (secondary N) is 1. The highest BCUT2D eigenvalue weighted by molar-refractivity contribution is 6.30. The number of carbonyl (C=O) groups excluding carboxylic acids is 1. The molecule has 5 heteroatoms. The van der Waals surface area contributed by atoms with Crippen molar-refractivity contribution in [3.05, 3.63) is 52.7 Å². The number of hydrogen-bond acceptors (Lipinski definition) is 3. The van der Waals surface area contributed by atoms with Crippen molar-refractivity contribution in [2.24, 2.45) is 0 Å². The van der Waals surface area contributed by atoms with Gasteiger partial charge in [-0.1, -0.05) is 44.5 Å². The van der Waals surface area contributed by atoms with Crippen LogP contribution in [0.15, 0.2) is 36.4 Å². The Morgan fingerprint density at radius 1 is 1.19 bits per heavy atom. The van der Waals surface area contributed by atoms with Crippen LogP contribution in [0, 0.1) is 0 Å². The Kier molecular flexibility index (Phi) is 4.19. The molecule has 4 nitrogen and oxygen atoms in total. The molecule has 0 saturated carbocycles. The van der Waals surface area contributed by atoms with Crippen molar-refractivity contribution in [1.29, 1.82) is 0 Å². The number of aromatic nitrogens is 1. The smallest absolute Gasteiger partial charge is 0.255 e. The molecule has 1 amide bonds. The van der Waals surface area contributed by atoms with Gasteiger partial charge < -0.3 is 11.1 Å². The maximum absolute atomic E-state index is 12.1. The van der Waals surface area contributed by atoms with Gasteiger partial charge in [0.05, 0.1) is 0 Å². The third-order valence-electron chi connectivity index (χ3n) is 3.08. The van der Waals surface area contributed by atoms with Crippen molar-refractivity contribution in [2.75, 3.05) is 11.1 Å². The number of anilines is 2. The lowest BCUT2D eigenvalue weighted by atomic mass is 9.87. The Morgan fingerprint density at radius 2 is 1.81 bits per heavy atom. The standard InChI is InChI=1S/C16H18ClN3O/c1-16(2,3)11-4-6-12(7-5-11)19-15(21)10-8-13(17)20-14(18)9-10/h4-9H,1-3H3,(H2,18,20)(H,19,21). The minimum Gasteiger partial charge on any atom is -0.384 e. The van der Waals surface area contributed by atoms with Crippen LogP contribution in [0.5, 0.6) is 0 Å². The van der Waals surface area contributed by atoms with E-state index < -0.39 is 0 Å². The van der Waals surface area contributed by atoms with Crippen molar-refractivity contribution in [3.8, 4) is 0 Å². The molecule has 21 heavy (non-hydrogen) atoms. The van der Waals surface area contributed by atoms with Gasteiger partial charge in [-0.2, -0.15) is 0 Å². The van der Waals surface area contributed by atoms with E-state index in [9.17, 15) is 4.79 Å². The molecule has 0 unspecified atom stereocenters. The second kappa shape index (κ2) is 5.74. The van der Waals surface area contributed by atoms with Crippen LogP contribution in [0.1, 0.15) is 36.7 Å². The number of rotatable bonds is 2. The number of benzene rings is 1. The number of nitrogens with two attached hydrogens (primary N) is 1. The number of halogens is 1. The molecule has 1 heterocycles. The molecule has 2 rings (SSSR count). The van der Waals surface area contributed by atoms with Crippen LogP contribution < -0.4 is 11.1 Å². The fraction of sp³-hybridized carbons (Fsp3) is 0.250. The predicted molar refractivity (Wildman–Crippen MR) is 86.8 cm³/mol. The quantitative estimate of drug-likeness (QED) is 0.828. The lowest BCUT2D eigenvalue weighted by Gasteiger charge is -2.19. The molecule has 0 aliphatic rings. The van der Waals surface area contributed by atoms with Crippen molar-refractivity contribution in [2.45, 2.75) is 26.2 Å². The van der Waals surface area contributed by atoms with Crippen LogP contribution in [0.4, 0.5) is 11.5 Å². The largest absolute Gasteiger partial charge is 0.384 e. The molecule has 110 valence electrons. The summed E-state index contributed by atoms with van der Waals surface area (Å²) in [7, 11) is 0. The number of nitrogen functional groups attached to an aromatic ring is 1. The van der Waals surface area contributed by atoms with Gasteiger partial charge in [0.15, 0.2) is 0 Å². The maximum atomic E-state index is 12.1. The average Bonchev–Trinajstić information content (AvgIpc) is 2.37. The highest BCUT2D eigenvalue weighted by atomic mass is 35.5. The Balaban J connectivity index is 2.16. The van der Waals surface area contributed by atoms with Gasteiger partial charge >= 0.3 is 0 Å². The zero-order chi connectivity index (χ0) is 15.6. The van der Waals surface area contributed by atoms with E-state index in [1.807, 2.05) is 24.3 Å². The summed E-state index contributed by atoms with van der Waals surface area (Å²) in [6, 6.07) is 10.7. The van der Waals surface area contributed by atoms with Gasteiger partial charge in [-0.25, -0.2) is 4.98 Å². The molecule has 1 aromatic carbocycles. The van der Waals surface area contributed by atoms with Gasteiger partial charge in [-0.05, 0) is 35.2 Å². The first kappa shape index (κ1) is 15.3. The second-order valence-electron chi connectivity index (χ2n) is 5.88. The normalized spacial score (nSPS) is 11.2. The van der Waals surface area contributed by atoms with E-state index in [-0.39, 0.29) is 22.3 Å². The van der Waals surface area contributed by atoms with E-state index in [0.29, 0.717) is 5.56 Å². The van der Waals surface area contributed by atoms with Crippen LogP contribution >= 0.6 is 11.6 Å². The minimum atomic E-state index is -0.269. The summed E-state index contributed by atoms with van der Waals surface area (Å²) in [6.45, 7) is 6.42. The van der Waals surface area contributed by atoms with E-state index in [1.54, 1.807) is 0 Å². The van der Waals surface area contributed by atoms with Crippen LogP contribution in [-0.4, -0.2) is 10.9 Å². The molecule has 0 aliphatic heterocycles. The fourth-order valence-corrected chi connectivity index (χ4v) is 2.12. The van der Waals surface area contributed by atoms with Crippen LogP contribution in [0.3, 0.4) is 0 Å². The SMILES string of the molecule is CC(C)(C)c1ccc(NC(=O)c2cc(N)nc(Cl)c2)cc1. The summed E-state index contributed by atoms with van der Waals surface area (Å²) < 4.78 is 0. The minimum absolute atomic E-state index is 0.0790. The van der Waals surface area contributed by atoms with E-state index in [0.717, 1.165) is 5.69 Å². The van der Waals surface area contributed by atoms with Crippen LogP contribution in [0.25, 0.3) is 0 Å². The van der Waals surface area contributed by atoms with Crippen molar-refractivity contribution in [1.82, 2.24) is 4.98 Å². The van der Waals surface area contributed by atoms with Gasteiger partial charge in [-0.15, -0.1) is 0 Å². The number of amides is 1. The van der Waals surface area contributed by atoms with E-state index in [4.69, 9.17) is 17.3 Å². The third-order valence-corrected chi connectivity index (χ3v) is 3.28. The van der Waals surface area contributed by atoms with Gasteiger partial charge in [0.2, 0.25) is 0 Å². The summed E-state index contributed by atoms with van der Waals surface area (Å²) in [5.41, 5.74) is 7.97. The molecule has 0 saturated heterocycles. The van der Waals surface area contributed by atoms with Crippen LogP contribution in [0.2, 0.25) is 5.15 Å². The van der Waals surface area contributed by atoms with E-state index in [1.165, 1.54) is 17.7 Å². The molecule has 1 aromatic heterocycles. The van der Waals surface area contributed by atoms with Gasteiger partial charge in [0.1, 0.15) is 11.0 Å². The molecule has 0 aliphatic carbocycles. The Morgan fingerprint density at radius 3 is 2.33 bits per heavy atom. The molecule has 3 N–H and O–H groups in total. The molecule has 0 spiro atoms. The zero-order valence-corrected chi connectivity index (χ0v) is 13.0. The monoisotopic (exact) mass is 303 g/mol. The first-order valence-corrected chi connectivity index (χ1v) is 6.98. The Bertz CT molecular complexity index is 640. The third kappa shape index (κ3) is 3.95. The summed E-state index contributed by atoms with van der Waals surface area (Å²) >= 11 is 5.80. The first-order valence-electron chi connectivity index (χ1n) is 6.61. The molecular formula is C16H18ClN3O. The molecule has 0 fully saturated rings. The molecular weight excluding hydrogens is 286 g/mol. The second-order valence-corrected chi connectivity index (χ2v) is 6.27. The van der Waals surface area contributed by atoms with Crippen molar-refractivity contribution in [3.63, 3.8) is 0 Å². The molecule has 0 radical (unpaired) electrons. The summed E-state index contributed by atoms with van der Waals surface area (Å²) in [4.78, 5) is 16.0. The predicted octanol–water partition coefficient (Wildman–Crippen LogP) is 3.87. The Hall–Kier alpha value is -2.07. The lowest BCUT2D eigenvalue weighted by Crippen LogP contribution is -2.14. The highest BCUT2D eigenvalue weighted by Gasteiger charge is 2.14. The van der Waals surface area contributed by atoms with Gasteiger partial charge in [0.25, 0.3) is 5.91 Å². The summed E-state index contributed by atoms with van der Waals surface area (Å²) in [6.07, 6.45) is 0. The van der Waals surface area contributed by atoms with E-state index >= 15 is 0 Å². The molecule has 2 aromatic rings. The van der Waals surface area contributed by atoms with Gasteiger partial charge in [0, 0.05) is 11.3 Å².